The first-order valence-corrected chi connectivity index (χ1v) is 8.04. The van der Waals surface area contributed by atoms with Crippen LogP contribution in [0.2, 0.25) is 0 Å². The lowest BCUT2D eigenvalue weighted by Crippen LogP contribution is -2.50. The number of aliphatic carboxylic acids is 2. The number of rotatable bonds is 4. The molecule has 0 aliphatic carbocycles. The van der Waals surface area contributed by atoms with Crippen molar-refractivity contribution in [2.45, 2.75) is 25.9 Å². The van der Waals surface area contributed by atoms with Crippen molar-refractivity contribution in [1.29, 1.82) is 0 Å². The van der Waals surface area contributed by atoms with Gasteiger partial charge in [-0.2, -0.15) is 0 Å². The van der Waals surface area contributed by atoms with Crippen LogP contribution in [-0.2, 0) is 21.7 Å². The summed E-state index contributed by atoms with van der Waals surface area (Å²) in [6.45, 7) is 4.97. The van der Waals surface area contributed by atoms with Gasteiger partial charge in [-0.3, -0.25) is 0 Å². The molecule has 2 aromatic rings. The van der Waals surface area contributed by atoms with Gasteiger partial charge in [0, 0.05) is 36.1 Å². The molecule has 130 valence electrons. The van der Waals surface area contributed by atoms with E-state index in [1.165, 1.54) is 0 Å². The van der Waals surface area contributed by atoms with Crippen molar-refractivity contribution in [3.05, 3.63) is 59.4 Å². The van der Waals surface area contributed by atoms with E-state index >= 15 is 0 Å². The summed E-state index contributed by atoms with van der Waals surface area (Å²) in [6, 6.07) is 11.8. The first kappa shape index (κ1) is 17.0. The van der Waals surface area contributed by atoms with E-state index < -0.39 is 17.5 Å². The van der Waals surface area contributed by atoms with Gasteiger partial charge in [0.25, 0.3) is 0 Å². The molecule has 0 saturated heterocycles. The minimum Gasteiger partial charge on any atom is -0.478 e. The fourth-order valence-corrected chi connectivity index (χ4v) is 3.54. The largest absolute Gasteiger partial charge is 0.478 e. The first-order chi connectivity index (χ1) is 11.8. The Kier molecular flexibility index (Phi) is 4.22. The van der Waals surface area contributed by atoms with E-state index in [0.717, 1.165) is 28.6 Å². The van der Waals surface area contributed by atoms with Gasteiger partial charge < -0.3 is 20.1 Å². The molecule has 1 aromatic carbocycles. The fourth-order valence-electron chi connectivity index (χ4n) is 3.54. The van der Waals surface area contributed by atoms with Crippen LogP contribution in [0.3, 0.4) is 0 Å². The Morgan fingerprint density at radius 3 is 2.52 bits per heavy atom. The third-order valence-electron chi connectivity index (χ3n) is 4.81. The standard InChI is InChI=1S/C19H20N2O4/c1-12-14(13-6-4-3-5-7-13)10-16-19(2,20-8-9-21(12)16)15(18(24)25)11-17(22)23/h3-7,10-11,20H,8-9H2,1-2H3,(H,22,23)(H,24,25). The van der Waals surface area contributed by atoms with Crippen molar-refractivity contribution < 1.29 is 19.8 Å². The smallest absolute Gasteiger partial charge is 0.334 e. The van der Waals surface area contributed by atoms with E-state index in [1.807, 2.05) is 43.3 Å². The summed E-state index contributed by atoms with van der Waals surface area (Å²) in [7, 11) is 0. The number of nitrogens with one attached hydrogen (secondary N) is 1. The summed E-state index contributed by atoms with van der Waals surface area (Å²) in [5.74, 6) is -2.52. The SMILES string of the molecule is Cc1c(-c2ccccc2)cc2n1CCNC2(C)C(=CC(=O)O)C(=O)O. The van der Waals surface area contributed by atoms with E-state index in [2.05, 4.69) is 9.88 Å². The fraction of sp³-hybridized carbons (Fsp3) is 0.263. The van der Waals surface area contributed by atoms with Gasteiger partial charge >= 0.3 is 11.9 Å². The van der Waals surface area contributed by atoms with Gasteiger partial charge in [-0.15, -0.1) is 0 Å². The third kappa shape index (κ3) is 2.85. The van der Waals surface area contributed by atoms with Crippen LogP contribution in [0.4, 0.5) is 0 Å². The number of hydrogen-bond donors (Lipinski definition) is 3. The highest BCUT2D eigenvalue weighted by atomic mass is 16.4. The molecule has 6 heteroatoms. The van der Waals surface area contributed by atoms with Crippen LogP contribution < -0.4 is 5.32 Å². The van der Waals surface area contributed by atoms with E-state index in [1.54, 1.807) is 6.92 Å². The van der Waals surface area contributed by atoms with Crippen LogP contribution in [0.15, 0.2) is 48.0 Å². The summed E-state index contributed by atoms with van der Waals surface area (Å²) < 4.78 is 2.07. The molecule has 0 spiro atoms. The van der Waals surface area contributed by atoms with Crippen LogP contribution in [0.5, 0.6) is 0 Å². The number of carboxylic acid groups (broad SMARTS) is 2. The molecule has 0 bridgehead atoms. The molecule has 0 saturated carbocycles. The lowest BCUT2D eigenvalue weighted by Gasteiger charge is -2.37. The van der Waals surface area contributed by atoms with Crippen LogP contribution >= 0.6 is 0 Å². The summed E-state index contributed by atoms with van der Waals surface area (Å²) in [6.07, 6.45) is 0.773. The molecule has 0 amide bonds. The second kappa shape index (κ2) is 6.22. The molecule has 3 N–H and O–H groups in total. The first-order valence-electron chi connectivity index (χ1n) is 8.04. The molecular formula is C19H20N2O4. The Morgan fingerprint density at radius 1 is 1.24 bits per heavy atom. The predicted octanol–water partition coefficient (Wildman–Crippen LogP) is 2.38. The van der Waals surface area contributed by atoms with E-state index in [9.17, 15) is 14.7 Å². The normalized spacial score (nSPS) is 20.2. The highest BCUT2D eigenvalue weighted by molar-refractivity contribution is 5.97. The number of carboxylic acids is 2. The maximum absolute atomic E-state index is 11.7. The lowest BCUT2D eigenvalue weighted by molar-refractivity contribution is -0.136. The summed E-state index contributed by atoms with van der Waals surface area (Å²) in [5.41, 5.74) is 2.59. The van der Waals surface area contributed by atoms with Gasteiger partial charge in [0.05, 0.1) is 11.1 Å². The maximum Gasteiger partial charge on any atom is 0.334 e. The second-order valence-corrected chi connectivity index (χ2v) is 6.30. The Morgan fingerprint density at radius 2 is 1.92 bits per heavy atom. The zero-order valence-electron chi connectivity index (χ0n) is 14.1. The highest BCUT2D eigenvalue weighted by Gasteiger charge is 2.41. The Balaban J connectivity index is 2.20. The van der Waals surface area contributed by atoms with Gasteiger partial charge in [-0.25, -0.2) is 9.59 Å². The monoisotopic (exact) mass is 340 g/mol. The Bertz CT molecular complexity index is 867. The molecule has 1 aromatic heterocycles. The highest BCUT2D eigenvalue weighted by Crippen LogP contribution is 2.38. The topological polar surface area (TPSA) is 91.6 Å². The van der Waals surface area contributed by atoms with Gasteiger partial charge in [-0.05, 0) is 25.5 Å². The molecule has 0 fully saturated rings. The zero-order chi connectivity index (χ0) is 18.2. The van der Waals surface area contributed by atoms with Crippen LogP contribution in [-0.4, -0.2) is 33.3 Å². The quantitative estimate of drug-likeness (QED) is 0.743. The summed E-state index contributed by atoms with van der Waals surface area (Å²) in [4.78, 5) is 22.9. The molecule has 1 unspecified atom stereocenters. The van der Waals surface area contributed by atoms with Crippen LogP contribution in [0.1, 0.15) is 18.3 Å². The van der Waals surface area contributed by atoms with Gasteiger partial charge in [-0.1, -0.05) is 30.3 Å². The Labute approximate surface area is 145 Å². The average molecular weight is 340 g/mol. The number of fused-ring (bicyclic) bond motifs is 1. The average Bonchev–Trinajstić information content (AvgIpc) is 2.92. The third-order valence-corrected chi connectivity index (χ3v) is 4.81. The minimum absolute atomic E-state index is 0.182. The molecule has 25 heavy (non-hydrogen) atoms. The molecule has 1 atom stereocenters. The second-order valence-electron chi connectivity index (χ2n) is 6.30. The van der Waals surface area contributed by atoms with Gasteiger partial charge in [0.15, 0.2) is 0 Å². The van der Waals surface area contributed by atoms with E-state index in [0.29, 0.717) is 13.1 Å². The Hall–Kier alpha value is -2.86. The summed E-state index contributed by atoms with van der Waals surface area (Å²) >= 11 is 0. The predicted molar refractivity (Wildman–Crippen MR) is 93.3 cm³/mol. The molecule has 6 nitrogen and oxygen atoms in total. The number of aromatic nitrogens is 1. The van der Waals surface area contributed by atoms with Crippen molar-refractivity contribution in [3.8, 4) is 11.1 Å². The molecule has 0 radical (unpaired) electrons. The van der Waals surface area contributed by atoms with Crippen LogP contribution in [0.25, 0.3) is 11.1 Å². The number of benzene rings is 1. The van der Waals surface area contributed by atoms with Gasteiger partial charge in [0.2, 0.25) is 0 Å². The molecular weight excluding hydrogens is 320 g/mol. The van der Waals surface area contributed by atoms with Crippen molar-refractivity contribution in [2.75, 3.05) is 6.54 Å². The zero-order valence-corrected chi connectivity index (χ0v) is 14.1. The lowest BCUT2D eigenvalue weighted by atomic mass is 9.86. The minimum atomic E-state index is -1.27. The van der Waals surface area contributed by atoms with E-state index in [4.69, 9.17) is 5.11 Å². The van der Waals surface area contributed by atoms with Crippen molar-refractivity contribution in [1.82, 2.24) is 9.88 Å². The molecule has 1 aliphatic rings. The number of carbonyl (C=O) groups is 2. The summed E-state index contributed by atoms with van der Waals surface area (Å²) in [5, 5.41) is 21.9. The van der Waals surface area contributed by atoms with Crippen molar-refractivity contribution >= 4 is 11.9 Å². The van der Waals surface area contributed by atoms with Gasteiger partial charge in [0.1, 0.15) is 0 Å². The molecule has 1 aliphatic heterocycles. The molecule has 3 rings (SSSR count). The van der Waals surface area contributed by atoms with Crippen molar-refractivity contribution in [2.24, 2.45) is 0 Å². The van der Waals surface area contributed by atoms with Crippen molar-refractivity contribution in [3.63, 3.8) is 0 Å². The number of nitrogens with zero attached hydrogens (tertiary/aromatic N) is 1. The van der Waals surface area contributed by atoms with E-state index in [-0.39, 0.29) is 5.57 Å². The number of hydrogen-bond acceptors (Lipinski definition) is 3. The van der Waals surface area contributed by atoms with Crippen LogP contribution in [0, 0.1) is 6.92 Å². The maximum atomic E-state index is 11.7. The molecule has 2 heterocycles.